The number of nitrogens with one attached hydrogen (secondary N) is 1. The Labute approximate surface area is 103 Å². The lowest BCUT2D eigenvalue weighted by molar-refractivity contribution is -0.0552. The number of alkyl halides is 1. The average molecular weight is 251 g/mol. The van der Waals surface area contributed by atoms with Crippen LogP contribution in [0.3, 0.4) is 0 Å². The smallest absolute Gasteiger partial charge is 0.157 e. The Balaban J connectivity index is 2.29. The summed E-state index contributed by atoms with van der Waals surface area (Å²) in [6.45, 7) is 0. The predicted octanol–water partition coefficient (Wildman–Crippen LogP) is 3.09. The number of methoxy groups -OCH3 is 1. The molecule has 0 fully saturated rings. The van der Waals surface area contributed by atoms with Gasteiger partial charge in [-0.1, -0.05) is 11.6 Å². The molecule has 1 aromatic carbocycles. The lowest BCUT2D eigenvalue weighted by atomic mass is 10.1. The lowest BCUT2D eigenvalue weighted by Gasteiger charge is -2.22. The zero-order chi connectivity index (χ0) is 12.0. The molecule has 17 heavy (non-hydrogen) atoms. The molecular weight excluding hydrogens is 240 g/mol. The Kier molecular flexibility index (Phi) is 2.28. The maximum atomic E-state index is 9.60. The van der Waals surface area contributed by atoms with Crippen LogP contribution in [0.2, 0.25) is 0 Å². The first-order chi connectivity index (χ1) is 8.20. The summed E-state index contributed by atoms with van der Waals surface area (Å²) in [4.78, 5) is 3.25. The monoisotopic (exact) mass is 250 g/mol. The van der Waals surface area contributed by atoms with Crippen LogP contribution in [0.4, 0.5) is 0 Å². The number of halogens is 1. The van der Waals surface area contributed by atoms with Crippen molar-refractivity contribution in [2.24, 2.45) is 0 Å². The maximum Gasteiger partial charge on any atom is 0.157 e. The molecule has 0 saturated carbocycles. The molecule has 1 aliphatic rings. The molecule has 1 aromatic heterocycles. The predicted molar refractivity (Wildman–Crippen MR) is 66.1 cm³/mol. The number of aromatic nitrogens is 1. The Hall–Kier alpha value is -1.65. The van der Waals surface area contributed by atoms with E-state index in [9.17, 15) is 5.21 Å². The second-order valence-corrected chi connectivity index (χ2v) is 4.31. The molecule has 0 saturated heterocycles. The van der Waals surface area contributed by atoms with E-state index in [1.165, 1.54) is 6.20 Å². The molecule has 4 nitrogen and oxygen atoms in total. The van der Waals surface area contributed by atoms with Crippen LogP contribution >= 0.6 is 11.6 Å². The van der Waals surface area contributed by atoms with E-state index in [0.717, 1.165) is 33.0 Å². The van der Waals surface area contributed by atoms with Crippen molar-refractivity contribution in [2.75, 3.05) is 7.11 Å². The van der Waals surface area contributed by atoms with Crippen molar-refractivity contribution < 1.29 is 9.94 Å². The van der Waals surface area contributed by atoms with E-state index in [4.69, 9.17) is 16.3 Å². The summed E-state index contributed by atoms with van der Waals surface area (Å²) in [6.07, 6.45) is 3.33. The van der Waals surface area contributed by atoms with Crippen molar-refractivity contribution in [3.8, 4) is 5.75 Å². The van der Waals surface area contributed by atoms with Crippen molar-refractivity contribution in [3.63, 3.8) is 0 Å². The number of aromatic amines is 1. The summed E-state index contributed by atoms with van der Waals surface area (Å²) in [5.74, 6) is 0.766. The van der Waals surface area contributed by atoms with Gasteiger partial charge in [0.2, 0.25) is 0 Å². The van der Waals surface area contributed by atoms with Crippen molar-refractivity contribution in [1.29, 1.82) is 0 Å². The van der Waals surface area contributed by atoms with Crippen LogP contribution in [0, 0.1) is 0 Å². The molecule has 1 atom stereocenters. The third-order valence-corrected chi connectivity index (χ3v) is 3.36. The number of hydrogen-bond acceptors (Lipinski definition) is 3. The van der Waals surface area contributed by atoms with Gasteiger partial charge in [0.25, 0.3) is 0 Å². The highest BCUT2D eigenvalue weighted by Crippen LogP contribution is 2.38. The van der Waals surface area contributed by atoms with Gasteiger partial charge in [0.05, 0.1) is 7.11 Å². The lowest BCUT2D eigenvalue weighted by Crippen LogP contribution is -2.18. The van der Waals surface area contributed by atoms with Gasteiger partial charge in [-0.2, -0.15) is 0 Å². The highest BCUT2D eigenvalue weighted by Gasteiger charge is 2.24. The molecule has 5 heteroatoms. The normalized spacial score (nSPS) is 18.5. The van der Waals surface area contributed by atoms with Gasteiger partial charge in [-0.15, -0.1) is 0 Å². The Morgan fingerprint density at radius 3 is 3.06 bits per heavy atom. The number of benzene rings is 1. The van der Waals surface area contributed by atoms with Crippen LogP contribution in [-0.2, 0) is 0 Å². The van der Waals surface area contributed by atoms with Crippen LogP contribution in [0.1, 0.15) is 16.8 Å². The van der Waals surface area contributed by atoms with E-state index < -0.39 is 5.50 Å². The van der Waals surface area contributed by atoms with Gasteiger partial charge in [0, 0.05) is 28.4 Å². The second-order valence-electron chi connectivity index (χ2n) is 3.90. The molecule has 0 aliphatic carbocycles. The molecule has 1 aliphatic heterocycles. The molecule has 3 rings (SSSR count). The Bertz CT molecular complexity index is 606. The SMILES string of the molecule is COc1ccc2[nH]c3c(c2c1)C(Cl)N(O)C=C3. The summed E-state index contributed by atoms with van der Waals surface area (Å²) < 4.78 is 5.19. The van der Waals surface area contributed by atoms with E-state index in [1.807, 2.05) is 18.2 Å². The minimum atomic E-state index is -0.587. The van der Waals surface area contributed by atoms with Crippen LogP contribution in [0.25, 0.3) is 17.0 Å². The largest absolute Gasteiger partial charge is 0.497 e. The van der Waals surface area contributed by atoms with Gasteiger partial charge >= 0.3 is 0 Å². The zero-order valence-electron chi connectivity index (χ0n) is 9.14. The minimum absolute atomic E-state index is 0.587. The van der Waals surface area contributed by atoms with E-state index in [-0.39, 0.29) is 0 Å². The molecule has 2 heterocycles. The van der Waals surface area contributed by atoms with Crippen molar-refractivity contribution in [2.45, 2.75) is 5.50 Å². The van der Waals surface area contributed by atoms with E-state index in [2.05, 4.69) is 4.98 Å². The first-order valence-corrected chi connectivity index (χ1v) is 5.63. The highest BCUT2D eigenvalue weighted by atomic mass is 35.5. The molecule has 0 bridgehead atoms. The summed E-state index contributed by atoms with van der Waals surface area (Å²) in [7, 11) is 1.62. The van der Waals surface area contributed by atoms with Gasteiger partial charge < -0.3 is 9.72 Å². The molecular formula is C12H11ClN2O2. The number of nitrogens with zero attached hydrogens (tertiary/aromatic N) is 1. The van der Waals surface area contributed by atoms with Gasteiger partial charge in [0.1, 0.15) is 5.75 Å². The van der Waals surface area contributed by atoms with Gasteiger partial charge in [-0.3, -0.25) is 5.21 Å². The summed E-state index contributed by atoms with van der Waals surface area (Å²) in [5, 5.41) is 11.5. The molecule has 0 amide bonds. The summed E-state index contributed by atoms with van der Waals surface area (Å²) in [5.41, 5.74) is 2.17. The average Bonchev–Trinajstić information content (AvgIpc) is 2.71. The number of fused-ring (bicyclic) bond motifs is 3. The number of hydroxylamine groups is 2. The number of ether oxygens (including phenoxy) is 1. The summed E-state index contributed by atoms with van der Waals surface area (Å²) in [6, 6.07) is 5.73. The van der Waals surface area contributed by atoms with E-state index in [0.29, 0.717) is 0 Å². The number of rotatable bonds is 1. The third-order valence-electron chi connectivity index (χ3n) is 2.94. The zero-order valence-corrected chi connectivity index (χ0v) is 9.90. The molecule has 0 spiro atoms. The fourth-order valence-electron chi connectivity index (χ4n) is 2.09. The topological polar surface area (TPSA) is 48.5 Å². The van der Waals surface area contributed by atoms with E-state index in [1.54, 1.807) is 13.2 Å². The van der Waals surface area contributed by atoms with Crippen molar-refractivity contribution in [1.82, 2.24) is 10.0 Å². The fourth-order valence-corrected chi connectivity index (χ4v) is 2.39. The number of H-pyrrole nitrogens is 1. The van der Waals surface area contributed by atoms with E-state index >= 15 is 0 Å². The molecule has 1 unspecified atom stereocenters. The standard InChI is InChI=1S/C12H11ClN2O2/c1-17-7-2-3-9-8(6-7)11-10(14-9)4-5-15(16)12(11)13/h2-6,12,14,16H,1H3. The highest BCUT2D eigenvalue weighted by molar-refractivity contribution is 6.22. The molecule has 2 N–H and O–H groups in total. The van der Waals surface area contributed by atoms with Crippen LogP contribution in [0.5, 0.6) is 5.75 Å². The molecule has 2 aromatic rings. The quantitative estimate of drug-likeness (QED) is 0.604. The first kappa shape index (κ1) is 10.5. The van der Waals surface area contributed by atoms with Gasteiger partial charge in [-0.25, -0.2) is 5.06 Å². The molecule has 88 valence electrons. The minimum Gasteiger partial charge on any atom is -0.497 e. The summed E-state index contributed by atoms with van der Waals surface area (Å²) >= 11 is 6.18. The van der Waals surface area contributed by atoms with Crippen LogP contribution in [-0.4, -0.2) is 22.4 Å². The third kappa shape index (κ3) is 1.49. The van der Waals surface area contributed by atoms with Gasteiger partial charge in [0.15, 0.2) is 5.50 Å². The van der Waals surface area contributed by atoms with Crippen LogP contribution in [0.15, 0.2) is 24.4 Å². The van der Waals surface area contributed by atoms with Gasteiger partial charge in [-0.05, 0) is 24.3 Å². The first-order valence-electron chi connectivity index (χ1n) is 5.20. The maximum absolute atomic E-state index is 9.60. The Morgan fingerprint density at radius 1 is 1.47 bits per heavy atom. The Morgan fingerprint density at radius 2 is 2.29 bits per heavy atom. The number of hydrogen-bond donors (Lipinski definition) is 2. The molecule has 0 radical (unpaired) electrons. The van der Waals surface area contributed by atoms with Crippen molar-refractivity contribution in [3.05, 3.63) is 35.7 Å². The fraction of sp³-hybridized carbons (Fsp3) is 0.167. The van der Waals surface area contributed by atoms with Crippen LogP contribution < -0.4 is 4.74 Å². The van der Waals surface area contributed by atoms with Crippen molar-refractivity contribution >= 4 is 28.6 Å². The second kappa shape index (κ2) is 3.68.